The first-order valence-electron chi connectivity index (χ1n) is 7.64. The van der Waals surface area contributed by atoms with Gasteiger partial charge in [-0.05, 0) is 30.3 Å². The Hall–Kier alpha value is -2.51. The van der Waals surface area contributed by atoms with Gasteiger partial charge < -0.3 is 5.32 Å². The number of benzene rings is 1. The lowest BCUT2D eigenvalue weighted by molar-refractivity contribution is 0.628. The molecule has 0 spiro atoms. The zero-order valence-electron chi connectivity index (χ0n) is 13.0. The molecule has 1 aromatic carbocycles. The van der Waals surface area contributed by atoms with Crippen LogP contribution in [0.25, 0.3) is 16.2 Å². The molecular formula is C17H13ClFN5S. The molecule has 0 saturated carbocycles. The van der Waals surface area contributed by atoms with Gasteiger partial charge in [0.25, 0.3) is 0 Å². The van der Waals surface area contributed by atoms with E-state index < -0.39 is 5.82 Å². The van der Waals surface area contributed by atoms with Crippen LogP contribution in [0.4, 0.5) is 9.52 Å². The second-order valence-electron chi connectivity index (χ2n) is 5.39. The summed E-state index contributed by atoms with van der Waals surface area (Å²) in [7, 11) is 0. The number of nitrogens with one attached hydrogen (secondary N) is 1. The van der Waals surface area contributed by atoms with Crippen molar-refractivity contribution in [3.05, 3.63) is 65.3 Å². The van der Waals surface area contributed by atoms with Gasteiger partial charge in [-0.1, -0.05) is 29.0 Å². The second-order valence-corrected chi connectivity index (χ2v) is 6.75. The molecule has 0 fully saturated rings. The summed E-state index contributed by atoms with van der Waals surface area (Å²) in [6.07, 6.45) is 4.41. The SMILES string of the molecule is Fc1ccc(-c2cn3nc(NCCc4ccccn4)sc3n2)cc1Cl. The standard InChI is InChI=1S/C17H13ClFN5S/c18-13-9-11(4-5-14(13)19)15-10-24-17(22-15)25-16(23-24)21-8-6-12-3-1-2-7-20-12/h1-5,7,9-10H,6,8H2,(H,21,23). The maximum absolute atomic E-state index is 13.3. The van der Waals surface area contributed by atoms with Gasteiger partial charge in [0.05, 0.1) is 16.9 Å². The molecule has 5 nitrogen and oxygen atoms in total. The topological polar surface area (TPSA) is 55.1 Å². The maximum Gasteiger partial charge on any atom is 0.214 e. The molecule has 0 amide bonds. The predicted octanol–water partition coefficient (Wildman–Crippen LogP) is 4.30. The van der Waals surface area contributed by atoms with Crippen LogP contribution in [0.3, 0.4) is 0 Å². The fourth-order valence-corrected chi connectivity index (χ4v) is 3.40. The zero-order valence-corrected chi connectivity index (χ0v) is 14.6. The highest BCUT2D eigenvalue weighted by atomic mass is 35.5. The van der Waals surface area contributed by atoms with E-state index in [-0.39, 0.29) is 5.02 Å². The highest BCUT2D eigenvalue weighted by Crippen LogP contribution is 2.27. The van der Waals surface area contributed by atoms with Crippen molar-refractivity contribution < 1.29 is 4.39 Å². The highest BCUT2D eigenvalue weighted by Gasteiger charge is 2.11. The van der Waals surface area contributed by atoms with Gasteiger partial charge >= 0.3 is 0 Å². The quantitative estimate of drug-likeness (QED) is 0.566. The van der Waals surface area contributed by atoms with Crippen LogP contribution in [0.2, 0.25) is 5.02 Å². The molecule has 0 bridgehead atoms. The molecule has 8 heteroatoms. The molecule has 0 aliphatic carbocycles. The van der Waals surface area contributed by atoms with E-state index in [0.717, 1.165) is 34.3 Å². The Morgan fingerprint density at radius 1 is 1.24 bits per heavy atom. The minimum atomic E-state index is -0.441. The Labute approximate surface area is 152 Å². The van der Waals surface area contributed by atoms with Crippen molar-refractivity contribution >= 4 is 33.0 Å². The first-order valence-corrected chi connectivity index (χ1v) is 8.84. The molecule has 3 aromatic heterocycles. The summed E-state index contributed by atoms with van der Waals surface area (Å²) >= 11 is 7.29. The molecule has 0 aliphatic heterocycles. The molecule has 0 radical (unpaired) electrons. The van der Waals surface area contributed by atoms with E-state index >= 15 is 0 Å². The second kappa shape index (κ2) is 6.78. The van der Waals surface area contributed by atoms with E-state index in [1.54, 1.807) is 29.0 Å². The minimum absolute atomic E-state index is 0.0821. The van der Waals surface area contributed by atoms with E-state index in [4.69, 9.17) is 11.6 Å². The third-order valence-electron chi connectivity index (χ3n) is 3.64. The van der Waals surface area contributed by atoms with Gasteiger partial charge in [-0.2, -0.15) is 0 Å². The first-order chi connectivity index (χ1) is 12.2. The predicted molar refractivity (Wildman–Crippen MR) is 97.7 cm³/mol. The summed E-state index contributed by atoms with van der Waals surface area (Å²) in [5.74, 6) is -0.441. The molecule has 3 heterocycles. The number of hydrogen-bond acceptors (Lipinski definition) is 5. The Kier molecular flexibility index (Phi) is 4.33. The number of anilines is 1. The summed E-state index contributed by atoms with van der Waals surface area (Å²) in [5.41, 5.74) is 2.50. The molecule has 0 unspecified atom stereocenters. The van der Waals surface area contributed by atoms with Crippen molar-refractivity contribution in [2.75, 3.05) is 11.9 Å². The van der Waals surface area contributed by atoms with Crippen LogP contribution in [0.15, 0.2) is 48.8 Å². The lowest BCUT2D eigenvalue weighted by Crippen LogP contribution is -2.05. The van der Waals surface area contributed by atoms with Crippen LogP contribution in [0.5, 0.6) is 0 Å². The fraction of sp³-hybridized carbons (Fsp3) is 0.118. The van der Waals surface area contributed by atoms with Crippen LogP contribution >= 0.6 is 22.9 Å². The molecule has 4 aromatic rings. The van der Waals surface area contributed by atoms with E-state index in [2.05, 4.69) is 20.4 Å². The average molecular weight is 374 g/mol. The third-order valence-corrected chi connectivity index (χ3v) is 4.81. The van der Waals surface area contributed by atoms with E-state index in [1.807, 2.05) is 18.2 Å². The van der Waals surface area contributed by atoms with Crippen LogP contribution in [0.1, 0.15) is 5.69 Å². The summed E-state index contributed by atoms with van der Waals surface area (Å²) < 4.78 is 15.0. The zero-order chi connectivity index (χ0) is 17.2. The van der Waals surface area contributed by atoms with Crippen molar-refractivity contribution in [3.63, 3.8) is 0 Å². The molecule has 0 saturated heterocycles. The number of rotatable bonds is 5. The fourth-order valence-electron chi connectivity index (χ4n) is 2.41. The molecule has 0 aliphatic rings. The summed E-state index contributed by atoms with van der Waals surface area (Å²) in [6.45, 7) is 0.744. The normalized spacial score (nSPS) is 11.1. The number of halogens is 2. The number of hydrogen-bond donors (Lipinski definition) is 1. The smallest absolute Gasteiger partial charge is 0.214 e. The van der Waals surface area contributed by atoms with Gasteiger partial charge in [-0.3, -0.25) is 4.98 Å². The molecule has 126 valence electrons. The molecule has 25 heavy (non-hydrogen) atoms. The number of fused-ring (bicyclic) bond motifs is 1. The Balaban J connectivity index is 1.46. The van der Waals surface area contributed by atoms with Gasteiger partial charge in [0.2, 0.25) is 10.1 Å². The van der Waals surface area contributed by atoms with Crippen molar-refractivity contribution in [1.82, 2.24) is 19.6 Å². The molecular weight excluding hydrogens is 361 g/mol. The lowest BCUT2D eigenvalue weighted by atomic mass is 10.2. The monoisotopic (exact) mass is 373 g/mol. The van der Waals surface area contributed by atoms with Crippen molar-refractivity contribution in [2.24, 2.45) is 0 Å². The summed E-state index contributed by atoms with van der Waals surface area (Å²) in [5, 5.41) is 8.62. The van der Waals surface area contributed by atoms with E-state index in [1.165, 1.54) is 17.4 Å². The molecule has 0 atom stereocenters. The first kappa shape index (κ1) is 16.0. The van der Waals surface area contributed by atoms with Gasteiger partial charge in [0, 0.05) is 30.4 Å². The Morgan fingerprint density at radius 3 is 2.92 bits per heavy atom. The average Bonchev–Trinajstić information content (AvgIpc) is 3.17. The number of imidazole rings is 1. The van der Waals surface area contributed by atoms with Crippen molar-refractivity contribution in [3.8, 4) is 11.3 Å². The van der Waals surface area contributed by atoms with E-state index in [0.29, 0.717) is 5.69 Å². The summed E-state index contributed by atoms with van der Waals surface area (Å²) in [6, 6.07) is 10.4. The van der Waals surface area contributed by atoms with Crippen molar-refractivity contribution in [1.29, 1.82) is 0 Å². The minimum Gasteiger partial charge on any atom is -0.360 e. The number of pyridine rings is 1. The lowest BCUT2D eigenvalue weighted by Gasteiger charge is -2.01. The van der Waals surface area contributed by atoms with Crippen LogP contribution < -0.4 is 5.32 Å². The largest absolute Gasteiger partial charge is 0.360 e. The van der Waals surface area contributed by atoms with Crippen LogP contribution in [-0.4, -0.2) is 26.1 Å². The number of nitrogens with zero attached hydrogens (tertiary/aromatic N) is 4. The van der Waals surface area contributed by atoms with Gasteiger partial charge in [0.1, 0.15) is 5.82 Å². The van der Waals surface area contributed by atoms with Gasteiger partial charge in [0.15, 0.2) is 0 Å². The Bertz CT molecular complexity index is 983. The number of aromatic nitrogens is 4. The maximum atomic E-state index is 13.3. The summed E-state index contributed by atoms with van der Waals surface area (Å²) in [4.78, 5) is 9.58. The van der Waals surface area contributed by atoms with Gasteiger partial charge in [-0.15, -0.1) is 5.10 Å². The highest BCUT2D eigenvalue weighted by molar-refractivity contribution is 7.20. The molecule has 4 rings (SSSR count). The van der Waals surface area contributed by atoms with Crippen LogP contribution in [-0.2, 0) is 6.42 Å². The van der Waals surface area contributed by atoms with Crippen molar-refractivity contribution in [2.45, 2.75) is 6.42 Å². The molecule has 1 N–H and O–H groups in total. The third kappa shape index (κ3) is 3.47. The van der Waals surface area contributed by atoms with Gasteiger partial charge in [-0.25, -0.2) is 13.9 Å². The van der Waals surface area contributed by atoms with Crippen LogP contribution in [0, 0.1) is 5.82 Å². The Morgan fingerprint density at radius 2 is 2.16 bits per heavy atom. The van der Waals surface area contributed by atoms with E-state index in [9.17, 15) is 4.39 Å².